The Kier molecular flexibility index (Phi) is 4.53. The molecule has 0 aromatic heterocycles. The van der Waals surface area contributed by atoms with E-state index in [2.05, 4.69) is 23.6 Å². The summed E-state index contributed by atoms with van der Waals surface area (Å²) in [6, 6.07) is 4.98. The Morgan fingerprint density at radius 1 is 1.42 bits per heavy atom. The molecule has 1 aromatic rings. The summed E-state index contributed by atoms with van der Waals surface area (Å²) < 4.78 is 13.1. The summed E-state index contributed by atoms with van der Waals surface area (Å²) in [6.45, 7) is 8.25. The van der Waals surface area contributed by atoms with Crippen LogP contribution in [0.3, 0.4) is 0 Å². The van der Waals surface area contributed by atoms with Crippen molar-refractivity contribution in [2.75, 3.05) is 31.1 Å². The van der Waals surface area contributed by atoms with Gasteiger partial charge in [0.2, 0.25) is 0 Å². The van der Waals surface area contributed by atoms with Crippen molar-refractivity contribution in [3.63, 3.8) is 0 Å². The second-order valence-corrected chi connectivity index (χ2v) is 4.93. The van der Waals surface area contributed by atoms with Crippen LogP contribution in [-0.4, -0.2) is 43.4 Å². The molecule has 0 aliphatic carbocycles. The van der Waals surface area contributed by atoms with Gasteiger partial charge in [-0.3, -0.25) is 9.69 Å². The highest BCUT2D eigenvalue weighted by atomic mass is 19.1. The van der Waals surface area contributed by atoms with E-state index in [1.165, 1.54) is 12.1 Å². The molecule has 0 bridgehead atoms. The van der Waals surface area contributed by atoms with Gasteiger partial charge in [-0.2, -0.15) is 0 Å². The first-order valence-corrected chi connectivity index (χ1v) is 6.93. The second kappa shape index (κ2) is 6.15. The van der Waals surface area contributed by atoms with Crippen LogP contribution in [0.1, 0.15) is 30.6 Å². The minimum Gasteiger partial charge on any atom is -0.369 e. The number of carbonyl (C=O) groups is 1. The molecule has 2 rings (SSSR count). The van der Waals surface area contributed by atoms with Crippen molar-refractivity contribution in [2.24, 2.45) is 0 Å². The molecule has 1 unspecified atom stereocenters. The van der Waals surface area contributed by atoms with E-state index in [9.17, 15) is 9.18 Å². The lowest BCUT2D eigenvalue weighted by atomic mass is 10.1. The first-order chi connectivity index (χ1) is 9.19. The average Bonchev–Trinajstić information content (AvgIpc) is 2.89. The third-order valence-electron chi connectivity index (χ3n) is 3.95. The molecular formula is C15H21FN2O. The van der Waals surface area contributed by atoms with E-state index in [0.717, 1.165) is 44.6 Å². The first-order valence-electron chi connectivity index (χ1n) is 6.93. The number of carbonyl (C=O) groups excluding carboxylic acids is 1. The Labute approximate surface area is 114 Å². The SMILES string of the molecule is CCN(CC)C1CCN(c2ccc(F)cc2C=O)C1. The van der Waals surface area contributed by atoms with E-state index in [-0.39, 0.29) is 5.82 Å². The molecule has 0 radical (unpaired) electrons. The number of aldehydes is 1. The van der Waals surface area contributed by atoms with Crippen LogP contribution in [0.4, 0.5) is 10.1 Å². The fraction of sp³-hybridized carbons (Fsp3) is 0.533. The average molecular weight is 264 g/mol. The van der Waals surface area contributed by atoms with Gasteiger partial charge in [-0.25, -0.2) is 4.39 Å². The quantitative estimate of drug-likeness (QED) is 0.764. The Morgan fingerprint density at radius 3 is 2.79 bits per heavy atom. The van der Waals surface area contributed by atoms with E-state index in [4.69, 9.17) is 0 Å². The van der Waals surface area contributed by atoms with Crippen molar-refractivity contribution >= 4 is 12.0 Å². The van der Waals surface area contributed by atoms with Gasteiger partial charge in [-0.05, 0) is 37.7 Å². The molecule has 1 aliphatic heterocycles. The summed E-state index contributed by atoms with van der Waals surface area (Å²) in [7, 11) is 0. The molecule has 4 heteroatoms. The molecule has 3 nitrogen and oxygen atoms in total. The summed E-state index contributed by atoms with van der Waals surface area (Å²) in [6.07, 6.45) is 1.83. The van der Waals surface area contributed by atoms with Crippen molar-refractivity contribution in [1.29, 1.82) is 0 Å². The third-order valence-corrected chi connectivity index (χ3v) is 3.95. The van der Waals surface area contributed by atoms with Gasteiger partial charge in [0.15, 0.2) is 6.29 Å². The molecule has 1 fully saturated rings. The Hall–Kier alpha value is -1.42. The highest BCUT2D eigenvalue weighted by molar-refractivity contribution is 5.84. The molecule has 1 saturated heterocycles. The van der Waals surface area contributed by atoms with Gasteiger partial charge in [-0.1, -0.05) is 13.8 Å². The van der Waals surface area contributed by atoms with Crippen molar-refractivity contribution in [1.82, 2.24) is 4.90 Å². The van der Waals surface area contributed by atoms with Gasteiger partial charge in [0.25, 0.3) is 0 Å². The lowest BCUT2D eigenvalue weighted by Crippen LogP contribution is -2.37. The van der Waals surface area contributed by atoms with Crippen LogP contribution in [0.5, 0.6) is 0 Å². The highest BCUT2D eigenvalue weighted by Gasteiger charge is 2.27. The lowest BCUT2D eigenvalue weighted by molar-refractivity contribution is 0.112. The molecule has 1 heterocycles. The van der Waals surface area contributed by atoms with Crippen LogP contribution in [-0.2, 0) is 0 Å². The van der Waals surface area contributed by atoms with Crippen molar-refractivity contribution in [3.8, 4) is 0 Å². The maximum atomic E-state index is 13.1. The molecule has 0 saturated carbocycles. The molecule has 1 atom stereocenters. The monoisotopic (exact) mass is 264 g/mol. The van der Waals surface area contributed by atoms with E-state index in [1.807, 2.05) is 0 Å². The number of benzene rings is 1. The highest BCUT2D eigenvalue weighted by Crippen LogP contribution is 2.26. The maximum absolute atomic E-state index is 13.1. The zero-order valence-corrected chi connectivity index (χ0v) is 11.6. The summed E-state index contributed by atoms with van der Waals surface area (Å²) in [5, 5.41) is 0. The Morgan fingerprint density at radius 2 is 2.16 bits per heavy atom. The van der Waals surface area contributed by atoms with Crippen LogP contribution < -0.4 is 4.90 Å². The van der Waals surface area contributed by atoms with Gasteiger partial charge in [-0.15, -0.1) is 0 Å². The van der Waals surface area contributed by atoms with Crippen LogP contribution in [0.15, 0.2) is 18.2 Å². The van der Waals surface area contributed by atoms with Gasteiger partial charge in [0, 0.05) is 30.4 Å². The number of likely N-dealkylation sites (N-methyl/N-ethyl adjacent to an activating group) is 1. The Bertz CT molecular complexity index is 446. The van der Waals surface area contributed by atoms with E-state index in [1.54, 1.807) is 6.07 Å². The molecule has 1 aliphatic rings. The fourth-order valence-electron chi connectivity index (χ4n) is 2.91. The fourth-order valence-corrected chi connectivity index (χ4v) is 2.91. The standard InChI is InChI=1S/C15H21FN2O/c1-3-17(4-2)14-7-8-18(10-14)15-6-5-13(16)9-12(15)11-19/h5-6,9,11,14H,3-4,7-8,10H2,1-2H3. The predicted octanol–water partition coefficient (Wildman–Crippen LogP) is 2.56. The largest absolute Gasteiger partial charge is 0.369 e. The van der Waals surface area contributed by atoms with E-state index in [0.29, 0.717) is 11.6 Å². The summed E-state index contributed by atoms with van der Waals surface area (Å²) in [5.74, 6) is -0.356. The summed E-state index contributed by atoms with van der Waals surface area (Å²) in [5.41, 5.74) is 1.30. The number of rotatable bonds is 5. The van der Waals surface area contributed by atoms with Crippen LogP contribution >= 0.6 is 0 Å². The number of anilines is 1. The molecular weight excluding hydrogens is 243 g/mol. The molecule has 0 N–H and O–H groups in total. The van der Waals surface area contributed by atoms with Gasteiger partial charge >= 0.3 is 0 Å². The number of nitrogens with zero attached hydrogens (tertiary/aromatic N) is 2. The third kappa shape index (κ3) is 2.95. The zero-order chi connectivity index (χ0) is 13.8. The molecule has 0 spiro atoms. The minimum absolute atomic E-state index is 0.356. The second-order valence-electron chi connectivity index (χ2n) is 4.93. The van der Waals surface area contributed by atoms with Crippen molar-refractivity contribution < 1.29 is 9.18 Å². The minimum atomic E-state index is -0.356. The topological polar surface area (TPSA) is 23.6 Å². The number of hydrogen-bond donors (Lipinski definition) is 0. The smallest absolute Gasteiger partial charge is 0.152 e. The Balaban J connectivity index is 2.14. The summed E-state index contributed by atoms with van der Waals surface area (Å²) >= 11 is 0. The van der Waals surface area contributed by atoms with E-state index >= 15 is 0 Å². The van der Waals surface area contributed by atoms with Gasteiger partial charge < -0.3 is 4.90 Å². The molecule has 104 valence electrons. The van der Waals surface area contributed by atoms with E-state index < -0.39 is 0 Å². The molecule has 0 amide bonds. The normalized spacial score (nSPS) is 19.2. The van der Waals surface area contributed by atoms with Crippen LogP contribution in [0, 0.1) is 5.82 Å². The summed E-state index contributed by atoms with van der Waals surface area (Å²) in [4.78, 5) is 15.7. The number of hydrogen-bond acceptors (Lipinski definition) is 3. The van der Waals surface area contributed by atoms with Gasteiger partial charge in [0.1, 0.15) is 5.82 Å². The molecule has 19 heavy (non-hydrogen) atoms. The van der Waals surface area contributed by atoms with Crippen molar-refractivity contribution in [2.45, 2.75) is 26.3 Å². The zero-order valence-electron chi connectivity index (χ0n) is 11.6. The lowest BCUT2D eigenvalue weighted by Gasteiger charge is -2.27. The van der Waals surface area contributed by atoms with Crippen LogP contribution in [0.25, 0.3) is 0 Å². The van der Waals surface area contributed by atoms with Crippen molar-refractivity contribution in [3.05, 3.63) is 29.6 Å². The predicted molar refractivity (Wildman–Crippen MR) is 75.3 cm³/mol. The first kappa shape index (κ1) is 14.0. The maximum Gasteiger partial charge on any atom is 0.152 e. The van der Waals surface area contributed by atoms with Crippen LogP contribution in [0.2, 0.25) is 0 Å². The number of halogens is 1. The molecule has 1 aromatic carbocycles. The van der Waals surface area contributed by atoms with Gasteiger partial charge in [0.05, 0.1) is 0 Å².